The third-order valence-electron chi connectivity index (χ3n) is 9.06. The monoisotopic (exact) mass is 668 g/mol. The van der Waals surface area contributed by atoms with E-state index in [-0.39, 0.29) is 18.7 Å². The van der Waals surface area contributed by atoms with Crippen molar-refractivity contribution >= 4 is 29.6 Å². The molecule has 0 aromatic heterocycles. The molecule has 0 spiro atoms. The molecule has 3 atom stereocenters. The minimum atomic E-state index is -6.03. The first-order valence-electron chi connectivity index (χ1n) is 14.9. The SMILES string of the molecule is C/C=C\c1cc(C(O)(C(F)(F)F)C(F)(F)F)ccc1N1C[C@H](C)N(C(=O)CN2C(=O)N[C@](C)(c3ccc4c(c3)CCO4)C2=O)CC1C. The Kier molecular flexibility index (Phi) is 8.52. The first kappa shape index (κ1) is 34.1. The number of halogens is 6. The number of fused-ring (bicyclic) bond motifs is 1. The van der Waals surface area contributed by atoms with Crippen LogP contribution in [0.2, 0.25) is 0 Å². The first-order valence-corrected chi connectivity index (χ1v) is 14.9. The van der Waals surface area contributed by atoms with Crippen molar-refractivity contribution in [1.29, 1.82) is 0 Å². The molecule has 0 saturated carbocycles. The molecule has 3 heterocycles. The molecular weight excluding hydrogens is 634 g/mol. The fourth-order valence-electron chi connectivity index (χ4n) is 6.41. The predicted octanol–water partition coefficient (Wildman–Crippen LogP) is 4.86. The molecule has 2 N–H and O–H groups in total. The van der Waals surface area contributed by atoms with Crippen molar-refractivity contribution in [1.82, 2.24) is 15.1 Å². The average Bonchev–Trinajstić information content (AvgIpc) is 3.55. The lowest BCUT2D eigenvalue weighted by Crippen LogP contribution is -2.60. The highest BCUT2D eigenvalue weighted by Crippen LogP contribution is 2.50. The largest absolute Gasteiger partial charge is 0.493 e. The van der Waals surface area contributed by atoms with E-state index in [1.165, 1.54) is 17.1 Å². The summed E-state index contributed by atoms with van der Waals surface area (Å²) in [4.78, 5) is 44.1. The molecule has 47 heavy (non-hydrogen) atoms. The second-order valence-electron chi connectivity index (χ2n) is 12.2. The topological polar surface area (TPSA) is 102 Å². The highest BCUT2D eigenvalue weighted by atomic mass is 19.4. The highest BCUT2D eigenvalue weighted by molar-refractivity contribution is 6.09. The fourth-order valence-corrected chi connectivity index (χ4v) is 6.41. The lowest BCUT2D eigenvalue weighted by molar-refractivity contribution is -0.376. The van der Waals surface area contributed by atoms with Gasteiger partial charge in [-0.05, 0) is 68.7 Å². The van der Waals surface area contributed by atoms with Gasteiger partial charge >= 0.3 is 18.4 Å². The number of alkyl halides is 6. The number of imide groups is 1. The van der Waals surface area contributed by atoms with Gasteiger partial charge in [0.1, 0.15) is 17.8 Å². The molecule has 0 bridgehead atoms. The number of benzene rings is 2. The first-order chi connectivity index (χ1) is 21.8. The molecule has 3 aliphatic heterocycles. The summed E-state index contributed by atoms with van der Waals surface area (Å²) in [6.45, 7) is 6.74. The maximum Gasteiger partial charge on any atom is 0.430 e. The predicted molar refractivity (Wildman–Crippen MR) is 158 cm³/mol. The number of allylic oxidation sites excluding steroid dienone is 1. The van der Waals surface area contributed by atoms with Crippen LogP contribution in [0.25, 0.3) is 6.08 Å². The van der Waals surface area contributed by atoms with Crippen molar-refractivity contribution in [3.8, 4) is 5.75 Å². The Morgan fingerprint density at radius 2 is 1.72 bits per heavy atom. The van der Waals surface area contributed by atoms with Crippen molar-refractivity contribution in [2.45, 2.75) is 69.7 Å². The van der Waals surface area contributed by atoms with Crippen LogP contribution < -0.4 is 15.0 Å². The van der Waals surface area contributed by atoms with Gasteiger partial charge in [0.15, 0.2) is 0 Å². The molecule has 4 amide bonds. The van der Waals surface area contributed by atoms with Gasteiger partial charge in [-0.2, -0.15) is 26.3 Å². The lowest BCUT2D eigenvalue weighted by Gasteiger charge is -2.46. The number of piperazine rings is 1. The molecule has 15 heteroatoms. The summed E-state index contributed by atoms with van der Waals surface area (Å²) in [7, 11) is 0. The Balaban J connectivity index is 1.34. The summed E-state index contributed by atoms with van der Waals surface area (Å²) in [6, 6.07) is 5.85. The smallest absolute Gasteiger partial charge is 0.430 e. The van der Waals surface area contributed by atoms with E-state index in [1.54, 1.807) is 50.8 Å². The van der Waals surface area contributed by atoms with Crippen molar-refractivity contribution in [3.05, 3.63) is 64.7 Å². The summed E-state index contributed by atoms with van der Waals surface area (Å²) < 4.78 is 87.0. The zero-order valence-electron chi connectivity index (χ0n) is 26.0. The molecule has 2 aromatic rings. The Labute approximate surface area is 266 Å². The number of anilines is 1. The molecule has 2 aromatic carbocycles. The molecule has 2 fully saturated rings. The molecule has 1 unspecified atom stereocenters. The van der Waals surface area contributed by atoms with Gasteiger partial charge in [-0.15, -0.1) is 0 Å². The van der Waals surface area contributed by atoms with E-state index in [0.717, 1.165) is 16.5 Å². The van der Waals surface area contributed by atoms with E-state index >= 15 is 0 Å². The maximum absolute atomic E-state index is 13.6. The number of aliphatic hydroxyl groups is 1. The van der Waals surface area contributed by atoms with Gasteiger partial charge in [-0.3, -0.25) is 14.5 Å². The van der Waals surface area contributed by atoms with Crippen LogP contribution in [-0.4, -0.2) is 83.4 Å². The van der Waals surface area contributed by atoms with Crippen LogP contribution in [0.1, 0.15) is 49.9 Å². The number of hydrogen-bond acceptors (Lipinski definition) is 6. The van der Waals surface area contributed by atoms with Crippen LogP contribution in [0.15, 0.2) is 42.5 Å². The van der Waals surface area contributed by atoms with Crippen molar-refractivity contribution in [2.24, 2.45) is 0 Å². The number of nitrogens with zero attached hydrogens (tertiary/aromatic N) is 3. The molecule has 3 aliphatic rings. The maximum atomic E-state index is 13.6. The quantitative estimate of drug-likeness (QED) is 0.337. The minimum absolute atomic E-state index is 0.00693. The van der Waals surface area contributed by atoms with Gasteiger partial charge in [-0.1, -0.05) is 24.3 Å². The number of hydrogen-bond donors (Lipinski definition) is 2. The fraction of sp³-hybridized carbons (Fsp3) is 0.469. The zero-order chi connectivity index (χ0) is 34.7. The standard InChI is InChI=1S/C32H34F6N4O5/c1-5-6-20-13-23(30(46,31(33,34)35)32(36,37)38)7-9-24(20)40-15-19(3)41(16-18(40)2)26(43)17-42-27(44)29(4,39-28(42)45)22-8-10-25-21(14-22)11-12-47-25/h5-10,13-14,18-19,46H,11-12,15-17H2,1-4H3,(H,39,45)/b6-5-/t18?,19-,29+/m0/s1. The normalized spacial score (nSPS) is 23.8. The van der Waals surface area contributed by atoms with E-state index < -0.39 is 65.5 Å². The molecular formula is C32H34F6N4O5. The number of rotatable bonds is 6. The minimum Gasteiger partial charge on any atom is -0.493 e. The molecule has 254 valence electrons. The van der Waals surface area contributed by atoms with Crippen LogP contribution >= 0.6 is 0 Å². The highest BCUT2D eigenvalue weighted by Gasteiger charge is 2.71. The Morgan fingerprint density at radius 3 is 2.36 bits per heavy atom. The third kappa shape index (κ3) is 5.68. The van der Waals surface area contributed by atoms with Gasteiger partial charge in [-0.25, -0.2) is 4.79 Å². The van der Waals surface area contributed by atoms with E-state index in [1.807, 2.05) is 0 Å². The van der Waals surface area contributed by atoms with E-state index in [2.05, 4.69) is 5.32 Å². The number of amides is 4. The second-order valence-corrected chi connectivity index (χ2v) is 12.2. The summed E-state index contributed by atoms with van der Waals surface area (Å²) in [6.07, 6.45) is -8.62. The van der Waals surface area contributed by atoms with Gasteiger partial charge in [0.05, 0.1) is 6.61 Å². The molecule has 0 aliphatic carbocycles. The van der Waals surface area contributed by atoms with E-state index in [4.69, 9.17) is 4.74 Å². The van der Waals surface area contributed by atoms with Gasteiger partial charge in [0.2, 0.25) is 5.91 Å². The van der Waals surface area contributed by atoms with Crippen LogP contribution in [0, 0.1) is 0 Å². The van der Waals surface area contributed by atoms with Crippen LogP contribution in [0.5, 0.6) is 5.75 Å². The van der Waals surface area contributed by atoms with Crippen LogP contribution in [-0.2, 0) is 27.1 Å². The number of carbonyl (C=O) groups is 3. The lowest BCUT2D eigenvalue weighted by atomic mass is 9.89. The summed E-state index contributed by atoms with van der Waals surface area (Å²) in [5.41, 5.74) is -6.09. The number of nitrogens with one attached hydrogen (secondary N) is 1. The molecule has 0 radical (unpaired) electrons. The molecule has 2 saturated heterocycles. The van der Waals surface area contributed by atoms with Gasteiger partial charge < -0.3 is 25.0 Å². The second kappa shape index (κ2) is 11.8. The molecule has 5 rings (SSSR count). The summed E-state index contributed by atoms with van der Waals surface area (Å²) in [5, 5.41) is 12.6. The van der Waals surface area contributed by atoms with E-state index in [9.17, 15) is 45.8 Å². The van der Waals surface area contributed by atoms with Crippen molar-refractivity contribution in [3.63, 3.8) is 0 Å². The van der Waals surface area contributed by atoms with Crippen LogP contribution in [0.4, 0.5) is 36.8 Å². The average molecular weight is 669 g/mol. The van der Waals surface area contributed by atoms with Gasteiger partial charge in [0.25, 0.3) is 11.5 Å². The van der Waals surface area contributed by atoms with Crippen LogP contribution in [0.3, 0.4) is 0 Å². The third-order valence-corrected chi connectivity index (χ3v) is 9.06. The van der Waals surface area contributed by atoms with Crippen molar-refractivity contribution in [2.75, 3.05) is 31.1 Å². The summed E-state index contributed by atoms with van der Waals surface area (Å²) >= 11 is 0. The Hall–Kier alpha value is -4.27. The number of ether oxygens (including phenoxy) is 1. The Bertz CT molecular complexity index is 1610. The van der Waals surface area contributed by atoms with E-state index in [0.29, 0.717) is 42.2 Å². The number of carbonyl (C=O) groups excluding carboxylic acids is 3. The zero-order valence-corrected chi connectivity index (χ0v) is 26.0. The Morgan fingerprint density at radius 1 is 1.04 bits per heavy atom. The van der Waals surface area contributed by atoms with Crippen molar-refractivity contribution < 1.29 is 50.6 Å². The summed E-state index contributed by atoms with van der Waals surface area (Å²) in [5.74, 6) is -0.396. The number of urea groups is 1. The molecule has 9 nitrogen and oxygen atoms in total. The van der Waals surface area contributed by atoms with Gasteiger partial charge in [0, 0.05) is 42.8 Å².